The number of anilines is 1. The molecule has 0 saturated carbocycles. The molecule has 0 aliphatic rings. The molecule has 0 radical (unpaired) electrons. The van der Waals surface area contributed by atoms with E-state index in [2.05, 4.69) is 29.7 Å². The van der Waals surface area contributed by atoms with E-state index < -0.39 is 0 Å². The fraction of sp³-hybridized carbons (Fsp3) is 0.778. The monoisotopic (exact) mass is 263 g/mol. The summed E-state index contributed by atoms with van der Waals surface area (Å²) in [5, 5.41) is 9.21. The van der Waals surface area contributed by atoms with Gasteiger partial charge in [0.2, 0.25) is 5.13 Å². The number of rotatable bonds is 6. The molecule has 0 spiro atoms. The number of thioether (sulfide) groups is 1. The third-order valence-electron chi connectivity index (χ3n) is 2.06. The van der Waals surface area contributed by atoms with Crippen LogP contribution in [-0.2, 0) is 0 Å². The zero-order chi connectivity index (χ0) is 11.3. The van der Waals surface area contributed by atoms with Gasteiger partial charge in [0.25, 0.3) is 0 Å². The molecule has 1 aromatic rings. The molecule has 86 valence electrons. The summed E-state index contributed by atoms with van der Waals surface area (Å²) in [6, 6.07) is 0. The van der Waals surface area contributed by atoms with E-state index in [-0.39, 0.29) is 0 Å². The lowest BCUT2D eigenvalue weighted by Crippen LogP contribution is -2.07. The quantitative estimate of drug-likeness (QED) is 0.631. The highest BCUT2D eigenvalue weighted by Crippen LogP contribution is 2.28. The van der Waals surface area contributed by atoms with E-state index in [1.165, 1.54) is 6.42 Å². The van der Waals surface area contributed by atoms with Crippen LogP contribution < -0.4 is 4.90 Å². The zero-order valence-electron chi connectivity index (χ0n) is 9.30. The van der Waals surface area contributed by atoms with E-state index in [0.717, 1.165) is 21.0 Å². The first-order chi connectivity index (χ1) is 7.17. The summed E-state index contributed by atoms with van der Waals surface area (Å²) in [7, 11) is 3.97. The average Bonchev–Trinajstić information content (AvgIpc) is 2.68. The first kappa shape index (κ1) is 13.1. The van der Waals surface area contributed by atoms with Crippen molar-refractivity contribution in [3.63, 3.8) is 0 Å². The molecule has 0 aliphatic heterocycles. The van der Waals surface area contributed by atoms with E-state index in [9.17, 15) is 0 Å². The van der Waals surface area contributed by atoms with Gasteiger partial charge in [-0.15, -0.1) is 10.2 Å². The topological polar surface area (TPSA) is 29.0 Å². The van der Waals surface area contributed by atoms with E-state index in [1.807, 2.05) is 19.0 Å². The van der Waals surface area contributed by atoms with Gasteiger partial charge in [0, 0.05) is 19.8 Å². The Balaban J connectivity index is 2.43. The lowest BCUT2D eigenvalue weighted by Gasteiger charge is -2.08. The molecule has 1 aromatic heterocycles. The molecule has 0 saturated heterocycles. The lowest BCUT2D eigenvalue weighted by atomic mass is 10.2. The molecule has 15 heavy (non-hydrogen) atoms. The molecule has 6 heteroatoms. The van der Waals surface area contributed by atoms with Crippen LogP contribution in [0.2, 0.25) is 0 Å². The molecule has 1 atom stereocenters. The van der Waals surface area contributed by atoms with Gasteiger partial charge in [-0.25, -0.2) is 0 Å². The van der Waals surface area contributed by atoms with Crippen molar-refractivity contribution < 1.29 is 0 Å². The number of hydrogen-bond donors (Lipinski definition) is 1. The van der Waals surface area contributed by atoms with E-state index in [4.69, 9.17) is 0 Å². The van der Waals surface area contributed by atoms with Gasteiger partial charge < -0.3 is 4.90 Å². The molecular weight excluding hydrogens is 246 g/mol. The summed E-state index contributed by atoms with van der Waals surface area (Å²) < 4.78 is 1.05. The maximum atomic E-state index is 4.33. The van der Waals surface area contributed by atoms with Gasteiger partial charge in [-0.2, -0.15) is 12.6 Å². The summed E-state index contributed by atoms with van der Waals surface area (Å²) in [6.45, 7) is 2.20. The largest absolute Gasteiger partial charge is 0.353 e. The minimum absolute atomic E-state index is 0.671. The molecular formula is C9H17N3S3. The van der Waals surface area contributed by atoms with Gasteiger partial charge in [0.1, 0.15) is 0 Å². The molecule has 1 rings (SSSR count). The van der Waals surface area contributed by atoms with Crippen molar-refractivity contribution in [3.05, 3.63) is 0 Å². The van der Waals surface area contributed by atoms with Crippen LogP contribution in [0, 0.1) is 5.92 Å². The SMILES string of the molecule is CCC(CS)CSc1nnc(N(C)C)s1. The van der Waals surface area contributed by atoms with Gasteiger partial charge in [-0.1, -0.05) is 36.4 Å². The Kier molecular flexibility index (Phi) is 5.78. The standard InChI is InChI=1S/C9H17N3S3/c1-4-7(5-13)6-14-9-11-10-8(15-9)12(2)3/h7,13H,4-6H2,1-3H3. The molecule has 0 aromatic carbocycles. The number of hydrogen-bond acceptors (Lipinski definition) is 6. The molecule has 3 nitrogen and oxygen atoms in total. The predicted octanol–water partition coefficient (Wildman–Crippen LogP) is 2.65. The summed E-state index contributed by atoms with van der Waals surface area (Å²) in [6.07, 6.45) is 1.18. The predicted molar refractivity (Wildman–Crippen MR) is 72.6 cm³/mol. The molecule has 0 amide bonds. The Morgan fingerprint density at radius 3 is 2.67 bits per heavy atom. The van der Waals surface area contributed by atoms with E-state index in [1.54, 1.807) is 23.1 Å². The summed E-state index contributed by atoms with van der Waals surface area (Å²) in [5.41, 5.74) is 0. The maximum absolute atomic E-state index is 4.33. The molecule has 0 aliphatic carbocycles. The number of thiol groups is 1. The normalized spacial score (nSPS) is 12.8. The summed E-state index contributed by atoms with van der Waals surface area (Å²) in [4.78, 5) is 1.98. The van der Waals surface area contributed by atoms with Gasteiger partial charge in [0.05, 0.1) is 0 Å². The van der Waals surface area contributed by atoms with Crippen molar-refractivity contribution in [2.45, 2.75) is 17.7 Å². The Morgan fingerprint density at radius 1 is 1.47 bits per heavy atom. The lowest BCUT2D eigenvalue weighted by molar-refractivity contribution is 0.649. The fourth-order valence-electron chi connectivity index (χ4n) is 0.930. The van der Waals surface area contributed by atoms with Gasteiger partial charge in [-0.3, -0.25) is 0 Å². The zero-order valence-corrected chi connectivity index (χ0v) is 11.8. The average molecular weight is 263 g/mol. The second kappa shape index (κ2) is 6.60. The van der Waals surface area contributed by atoms with E-state index >= 15 is 0 Å². The minimum Gasteiger partial charge on any atom is -0.353 e. The minimum atomic E-state index is 0.671. The molecule has 1 unspecified atom stereocenters. The van der Waals surface area contributed by atoms with Crippen LogP contribution in [0.1, 0.15) is 13.3 Å². The Morgan fingerprint density at radius 2 is 2.20 bits per heavy atom. The summed E-state index contributed by atoms with van der Waals surface area (Å²) >= 11 is 7.76. The van der Waals surface area contributed by atoms with Gasteiger partial charge in [0.15, 0.2) is 4.34 Å². The van der Waals surface area contributed by atoms with Crippen LogP contribution in [0.5, 0.6) is 0 Å². The maximum Gasteiger partial charge on any atom is 0.208 e. The highest BCUT2D eigenvalue weighted by atomic mass is 32.2. The second-order valence-corrected chi connectivity index (χ2v) is 6.10. The van der Waals surface area contributed by atoms with Crippen LogP contribution >= 0.6 is 35.7 Å². The highest BCUT2D eigenvalue weighted by Gasteiger charge is 2.09. The van der Waals surface area contributed by atoms with Gasteiger partial charge >= 0.3 is 0 Å². The van der Waals surface area contributed by atoms with Crippen molar-refractivity contribution in [1.82, 2.24) is 10.2 Å². The van der Waals surface area contributed by atoms with Crippen LogP contribution in [0.15, 0.2) is 4.34 Å². The molecule has 0 bridgehead atoms. The van der Waals surface area contributed by atoms with Crippen LogP contribution in [0.4, 0.5) is 5.13 Å². The van der Waals surface area contributed by atoms with Crippen molar-refractivity contribution >= 4 is 40.9 Å². The van der Waals surface area contributed by atoms with Crippen molar-refractivity contribution in [3.8, 4) is 0 Å². The van der Waals surface area contributed by atoms with Crippen molar-refractivity contribution in [2.24, 2.45) is 5.92 Å². The second-order valence-electron chi connectivity index (χ2n) is 3.51. The molecule has 1 heterocycles. The van der Waals surface area contributed by atoms with Crippen LogP contribution in [-0.4, -0.2) is 35.8 Å². The van der Waals surface area contributed by atoms with Crippen LogP contribution in [0.25, 0.3) is 0 Å². The van der Waals surface area contributed by atoms with Crippen molar-refractivity contribution in [1.29, 1.82) is 0 Å². The molecule has 0 fully saturated rings. The Labute approximate surface area is 105 Å². The first-order valence-electron chi connectivity index (χ1n) is 4.91. The third-order valence-corrected chi connectivity index (χ3v) is 5.03. The molecule has 0 N–H and O–H groups in total. The fourth-order valence-corrected chi connectivity index (χ4v) is 3.49. The van der Waals surface area contributed by atoms with Crippen LogP contribution in [0.3, 0.4) is 0 Å². The third kappa shape index (κ3) is 4.20. The summed E-state index contributed by atoms with van der Waals surface area (Å²) in [5.74, 6) is 2.70. The highest BCUT2D eigenvalue weighted by molar-refractivity contribution is 8.01. The van der Waals surface area contributed by atoms with Gasteiger partial charge in [-0.05, 0) is 11.7 Å². The number of nitrogens with zero attached hydrogens (tertiary/aromatic N) is 3. The Bertz CT molecular complexity index is 284. The first-order valence-corrected chi connectivity index (χ1v) is 7.35. The number of aromatic nitrogens is 2. The Hall–Kier alpha value is 0.0600. The van der Waals surface area contributed by atoms with E-state index in [0.29, 0.717) is 5.92 Å². The van der Waals surface area contributed by atoms with Crippen molar-refractivity contribution in [2.75, 3.05) is 30.5 Å². The smallest absolute Gasteiger partial charge is 0.208 e.